The lowest BCUT2D eigenvalue weighted by atomic mass is 10.2. The molecule has 2 aliphatic rings. The number of rotatable bonds is 3. The van der Waals surface area contributed by atoms with Crippen LogP contribution in [0.2, 0.25) is 0 Å². The lowest BCUT2D eigenvalue weighted by Gasteiger charge is -2.35. The molecule has 4 heteroatoms. The van der Waals surface area contributed by atoms with Crippen molar-refractivity contribution in [1.29, 1.82) is 0 Å². The number of ether oxygens (including phenoxy) is 1. The van der Waals surface area contributed by atoms with E-state index < -0.39 is 0 Å². The van der Waals surface area contributed by atoms with Gasteiger partial charge in [0.1, 0.15) is 0 Å². The Bertz CT molecular complexity index is 214. The number of nitrogens with one attached hydrogen (secondary N) is 1. The van der Waals surface area contributed by atoms with Crippen molar-refractivity contribution in [3.8, 4) is 0 Å². The Hall–Kier alpha value is -0.610. The van der Waals surface area contributed by atoms with Gasteiger partial charge in [0.25, 0.3) is 0 Å². The Labute approximate surface area is 84.6 Å². The Balaban J connectivity index is 1.94. The number of nitrogens with zero attached hydrogens (tertiary/aromatic N) is 1. The van der Waals surface area contributed by atoms with E-state index in [-0.39, 0.29) is 6.04 Å². The molecular weight excluding hydrogens is 180 g/mol. The predicted octanol–water partition coefficient (Wildman–Crippen LogP) is -0.157. The first-order valence-corrected chi connectivity index (χ1v) is 5.35. The first-order chi connectivity index (χ1) is 6.83. The molecule has 1 N–H and O–H groups in total. The van der Waals surface area contributed by atoms with E-state index in [1.165, 1.54) is 0 Å². The number of likely N-dealkylation sites (N-methyl/N-ethyl adjacent to an activating group) is 1. The highest BCUT2D eigenvalue weighted by molar-refractivity contribution is 5.81. The second-order valence-corrected chi connectivity index (χ2v) is 4.09. The van der Waals surface area contributed by atoms with E-state index in [1.54, 1.807) is 0 Å². The van der Waals surface area contributed by atoms with Gasteiger partial charge in [0.2, 0.25) is 5.91 Å². The molecule has 14 heavy (non-hydrogen) atoms. The smallest absolute Gasteiger partial charge is 0.226 e. The number of carbonyl (C=O) groups is 1. The molecule has 0 aromatic rings. The fourth-order valence-electron chi connectivity index (χ4n) is 1.91. The minimum Gasteiger partial charge on any atom is -0.377 e. The monoisotopic (exact) mass is 198 g/mol. The molecule has 1 aliphatic heterocycles. The van der Waals surface area contributed by atoms with Gasteiger partial charge in [0.05, 0.1) is 19.3 Å². The van der Waals surface area contributed by atoms with Gasteiger partial charge in [0, 0.05) is 19.0 Å². The highest BCUT2D eigenvalue weighted by atomic mass is 16.5. The maximum absolute atomic E-state index is 11.9. The zero-order valence-electron chi connectivity index (χ0n) is 8.66. The van der Waals surface area contributed by atoms with Crippen LogP contribution in [-0.4, -0.2) is 50.2 Å². The first kappa shape index (κ1) is 9.93. The van der Waals surface area contributed by atoms with Crippen LogP contribution in [0.25, 0.3) is 0 Å². The van der Waals surface area contributed by atoms with Crippen LogP contribution in [-0.2, 0) is 9.53 Å². The average Bonchev–Trinajstić information content (AvgIpc) is 3.01. The number of hydrogen-bond acceptors (Lipinski definition) is 3. The minimum atomic E-state index is 0.238. The number of hydrogen-bond donors (Lipinski definition) is 1. The molecule has 4 nitrogen and oxygen atoms in total. The van der Waals surface area contributed by atoms with Gasteiger partial charge in [0.15, 0.2) is 0 Å². The molecule has 1 heterocycles. The van der Waals surface area contributed by atoms with Gasteiger partial charge in [-0.2, -0.15) is 0 Å². The Morgan fingerprint density at radius 1 is 1.57 bits per heavy atom. The second kappa shape index (κ2) is 4.28. The summed E-state index contributed by atoms with van der Waals surface area (Å²) < 4.78 is 5.38. The molecule has 1 saturated carbocycles. The fourth-order valence-corrected chi connectivity index (χ4v) is 1.91. The number of morpholine rings is 1. The molecule has 1 atom stereocenters. The SMILES string of the molecule is CNCC1COCCN1C(=O)C1CC1. The van der Waals surface area contributed by atoms with Crippen LogP contribution >= 0.6 is 0 Å². The molecule has 1 unspecified atom stereocenters. The molecule has 1 saturated heterocycles. The zero-order chi connectivity index (χ0) is 9.97. The molecule has 0 bridgehead atoms. The van der Waals surface area contributed by atoms with Crippen LogP contribution in [0.4, 0.5) is 0 Å². The van der Waals surface area contributed by atoms with Crippen molar-refractivity contribution in [1.82, 2.24) is 10.2 Å². The summed E-state index contributed by atoms with van der Waals surface area (Å²) in [4.78, 5) is 13.9. The van der Waals surface area contributed by atoms with Crippen LogP contribution in [0.1, 0.15) is 12.8 Å². The predicted molar refractivity (Wildman–Crippen MR) is 53.0 cm³/mol. The highest BCUT2D eigenvalue weighted by Gasteiger charge is 2.37. The standard InChI is InChI=1S/C10H18N2O2/c1-11-6-9-7-14-5-4-12(9)10(13)8-2-3-8/h8-9,11H,2-7H2,1H3. The fraction of sp³-hybridized carbons (Fsp3) is 0.900. The molecule has 0 spiro atoms. The van der Waals surface area contributed by atoms with Crippen LogP contribution in [0.3, 0.4) is 0 Å². The lowest BCUT2D eigenvalue weighted by molar-refractivity contribution is -0.141. The van der Waals surface area contributed by atoms with Gasteiger partial charge < -0.3 is 15.0 Å². The van der Waals surface area contributed by atoms with Crippen LogP contribution in [0.5, 0.6) is 0 Å². The van der Waals surface area contributed by atoms with Crippen molar-refractivity contribution in [2.45, 2.75) is 18.9 Å². The summed E-state index contributed by atoms with van der Waals surface area (Å²) in [5, 5.41) is 3.11. The van der Waals surface area contributed by atoms with E-state index in [4.69, 9.17) is 4.74 Å². The van der Waals surface area contributed by atoms with Crippen molar-refractivity contribution in [2.24, 2.45) is 5.92 Å². The number of carbonyl (C=O) groups excluding carboxylic acids is 1. The van der Waals surface area contributed by atoms with Gasteiger partial charge in [-0.3, -0.25) is 4.79 Å². The maximum atomic E-state index is 11.9. The Morgan fingerprint density at radius 2 is 2.36 bits per heavy atom. The molecule has 2 rings (SSSR count). The van der Waals surface area contributed by atoms with E-state index in [0.29, 0.717) is 25.0 Å². The topological polar surface area (TPSA) is 41.6 Å². The summed E-state index contributed by atoms with van der Waals surface area (Å²) in [5.74, 6) is 0.668. The summed E-state index contributed by atoms with van der Waals surface area (Å²) in [6.07, 6.45) is 2.17. The van der Waals surface area contributed by atoms with Crippen LogP contribution in [0.15, 0.2) is 0 Å². The zero-order valence-corrected chi connectivity index (χ0v) is 8.66. The summed E-state index contributed by atoms with van der Waals surface area (Å²) in [6.45, 7) is 2.97. The van der Waals surface area contributed by atoms with Gasteiger partial charge in [-0.05, 0) is 19.9 Å². The molecule has 0 aromatic heterocycles. The van der Waals surface area contributed by atoms with Crippen LogP contribution in [0, 0.1) is 5.92 Å². The molecular formula is C10H18N2O2. The van der Waals surface area contributed by atoms with E-state index in [9.17, 15) is 4.79 Å². The van der Waals surface area contributed by atoms with Crippen molar-refractivity contribution in [3.63, 3.8) is 0 Å². The summed E-state index contributed by atoms with van der Waals surface area (Å²) >= 11 is 0. The van der Waals surface area contributed by atoms with Gasteiger partial charge in [-0.25, -0.2) is 0 Å². The van der Waals surface area contributed by atoms with Crippen molar-refractivity contribution in [2.75, 3.05) is 33.4 Å². The highest BCUT2D eigenvalue weighted by Crippen LogP contribution is 2.31. The largest absolute Gasteiger partial charge is 0.377 e. The van der Waals surface area contributed by atoms with Gasteiger partial charge in [-0.1, -0.05) is 0 Å². The van der Waals surface area contributed by atoms with Gasteiger partial charge >= 0.3 is 0 Å². The lowest BCUT2D eigenvalue weighted by Crippen LogP contribution is -2.53. The summed E-state index contributed by atoms with van der Waals surface area (Å²) in [6, 6.07) is 0.238. The molecule has 0 aromatic carbocycles. The van der Waals surface area contributed by atoms with E-state index in [2.05, 4.69) is 5.32 Å². The molecule has 80 valence electrons. The minimum absolute atomic E-state index is 0.238. The molecule has 0 radical (unpaired) electrons. The summed E-state index contributed by atoms with van der Waals surface area (Å²) in [7, 11) is 1.91. The molecule has 1 aliphatic carbocycles. The van der Waals surface area contributed by atoms with E-state index in [1.807, 2.05) is 11.9 Å². The van der Waals surface area contributed by atoms with Crippen molar-refractivity contribution >= 4 is 5.91 Å². The normalized spacial score (nSPS) is 27.8. The maximum Gasteiger partial charge on any atom is 0.226 e. The Kier molecular flexibility index (Phi) is 3.03. The van der Waals surface area contributed by atoms with Crippen LogP contribution < -0.4 is 5.32 Å². The Morgan fingerprint density at radius 3 is 3.00 bits per heavy atom. The number of amides is 1. The average molecular weight is 198 g/mol. The third kappa shape index (κ3) is 2.07. The van der Waals surface area contributed by atoms with Gasteiger partial charge in [-0.15, -0.1) is 0 Å². The van der Waals surface area contributed by atoms with Crippen molar-refractivity contribution < 1.29 is 9.53 Å². The summed E-state index contributed by atoms with van der Waals surface area (Å²) in [5.41, 5.74) is 0. The molecule has 1 amide bonds. The third-order valence-corrected chi connectivity index (χ3v) is 2.88. The molecule has 2 fully saturated rings. The van der Waals surface area contributed by atoms with E-state index >= 15 is 0 Å². The quantitative estimate of drug-likeness (QED) is 0.685. The van der Waals surface area contributed by atoms with Crippen molar-refractivity contribution in [3.05, 3.63) is 0 Å². The van der Waals surface area contributed by atoms with E-state index in [0.717, 1.165) is 25.9 Å². The second-order valence-electron chi connectivity index (χ2n) is 4.09. The first-order valence-electron chi connectivity index (χ1n) is 5.35. The third-order valence-electron chi connectivity index (χ3n) is 2.88.